The smallest absolute Gasteiger partial charge is 0.173 e. The highest BCUT2D eigenvalue weighted by atomic mass is 35.5. The van der Waals surface area contributed by atoms with Crippen molar-refractivity contribution in [2.45, 2.75) is 0 Å². The van der Waals surface area contributed by atoms with Crippen LogP contribution < -0.4 is 4.74 Å². The van der Waals surface area contributed by atoms with E-state index in [1.807, 2.05) is 18.2 Å². The molecule has 3 aromatic rings. The number of nitrogens with zero attached hydrogens (tertiary/aromatic N) is 3. The lowest BCUT2D eigenvalue weighted by Crippen LogP contribution is -1.91. The molecule has 2 aromatic heterocycles. The Morgan fingerprint density at radius 3 is 2.89 bits per heavy atom. The number of fused-ring (bicyclic) bond motifs is 1. The summed E-state index contributed by atoms with van der Waals surface area (Å²) in [7, 11) is 1.62. The lowest BCUT2D eigenvalue weighted by atomic mass is 10.2. The van der Waals surface area contributed by atoms with Crippen molar-refractivity contribution >= 4 is 33.8 Å². The summed E-state index contributed by atoms with van der Waals surface area (Å²) in [5, 5.41) is 1.25. The van der Waals surface area contributed by atoms with Gasteiger partial charge in [-0.3, -0.25) is 4.98 Å². The average molecular weight is 278 g/mol. The largest absolute Gasteiger partial charge is 0.497 e. The van der Waals surface area contributed by atoms with Crippen molar-refractivity contribution in [2.24, 2.45) is 0 Å². The highest BCUT2D eigenvalue weighted by Gasteiger charge is 2.09. The van der Waals surface area contributed by atoms with Gasteiger partial charge in [0.25, 0.3) is 0 Å². The number of thiazole rings is 1. The highest BCUT2D eigenvalue weighted by molar-refractivity contribution is 7.13. The van der Waals surface area contributed by atoms with Crippen molar-refractivity contribution in [3.63, 3.8) is 0 Å². The van der Waals surface area contributed by atoms with Crippen molar-refractivity contribution in [3.05, 3.63) is 35.1 Å². The third-order valence-electron chi connectivity index (χ3n) is 2.51. The molecule has 0 aliphatic carbocycles. The molecule has 0 atom stereocenters. The summed E-state index contributed by atoms with van der Waals surface area (Å²) in [4.78, 5) is 13.7. The van der Waals surface area contributed by atoms with Crippen LogP contribution in [0.3, 0.4) is 0 Å². The van der Waals surface area contributed by atoms with Gasteiger partial charge in [-0.2, -0.15) is 0 Å². The van der Waals surface area contributed by atoms with Crippen molar-refractivity contribution < 1.29 is 4.74 Å². The van der Waals surface area contributed by atoms with Crippen LogP contribution in [0.25, 0.3) is 21.6 Å². The number of rotatable bonds is 2. The maximum Gasteiger partial charge on any atom is 0.173 e. The molecule has 0 fully saturated rings. The summed E-state index contributed by atoms with van der Waals surface area (Å²) in [5.74, 6) is 1.33. The number of aromatic nitrogens is 3. The van der Waals surface area contributed by atoms with Gasteiger partial charge >= 0.3 is 0 Å². The van der Waals surface area contributed by atoms with Gasteiger partial charge in [0, 0.05) is 17.6 Å². The van der Waals surface area contributed by atoms with Crippen LogP contribution in [0.15, 0.2) is 29.9 Å². The number of halogens is 1. The fraction of sp³-hybridized carbons (Fsp3) is 0.0833. The normalized spacial score (nSPS) is 10.8. The second-order valence-electron chi connectivity index (χ2n) is 3.59. The summed E-state index contributed by atoms with van der Waals surface area (Å²) in [5.41, 5.74) is 2.50. The van der Waals surface area contributed by atoms with E-state index in [9.17, 15) is 0 Å². The molecule has 0 N–H and O–H groups in total. The van der Waals surface area contributed by atoms with Gasteiger partial charge in [-0.25, -0.2) is 9.97 Å². The summed E-state index contributed by atoms with van der Waals surface area (Å²) < 4.78 is 5.18. The van der Waals surface area contributed by atoms with Gasteiger partial charge in [0.1, 0.15) is 10.9 Å². The molecule has 0 bridgehead atoms. The zero-order valence-corrected chi connectivity index (χ0v) is 11.0. The minimum atomic E-state index is 0.436. The first kappa shape index (κ1) is 11.4. The zero-order valence-electron chi connectivity index (χ0n) is 9.42. The molecule has 0 saturated heterocycles. The molecule has 0 aliphatic rings. The standard InChI is InChI=1S/C12H8ClN3OS/c1-17-7-2-3-8-9(4-7)15-12(16-11(8)13)10-5-14-6-18-10/h2-6H,1H3. The molecular formula is C12H8ClN3OS. The Kier molecular flexibility index (Phi) is 2.85. The third-order valence-corrected chi connectivity index (χ3v) is 3.57. The van der Waals surface area contributed by atoms with Crippen LogP contribution >= 0.6 is 22.9 Å². The Morgan fingerprint density at radius 2 is 2.17 bits per heavy atom. The Bertz CT molecular complexity index is 700. The molecule has 6 heteroatoms. The number of hydrogen-bond donors (Lipinski definition) is 0. The lowest BCUT2D eigenvalue weighted by Gasteiger charge is -2.04. The van der Waals surface area contributed by atoms with Crippen LogP contribution in [0.1, 0.15) is 0 Å². The molecule has 1 aromatic carbocycles. The molecule has 0 radical (unpaired) electrons. The fourth-order valence-electron chi connectivity index (χ4n) is 1.63. The molecule has 0 amide bonds. The Hall–Kier alpha value is -1.72. The molecule has 0 unspecified atom stereocenters. The van der Waals surface area contributed by atoms with Gasteiger partial charge in [-0.1, -0.05) is 11.6 Å². The second kappa shape index (κ2) is 4.51. The Labute approximate surface area is 112 Å². The summed E-state index contributed by atoms with van der Waals surface area (Å²) in [6.45, 7) is 0. The minimum Gasteiger partial charge on any atom is -0.497 e. The first-order valence-electron chi connectivity index (χ1n) is 5.18. The molecule has 3 rings (SSSR count). The van der Waals surface area contributed by atoms with E-state index in [4.69, 9.17) is 16.3 Å². The first-order valence-corrected chi connectivity index (χ1v) is 6.44. The lowest BCUT2D eigenvalue weighted by molar-refractivity contribution is 0.415. The number of hydrogen-bond acceptors (Lipinski definition) is 5. The van der Waals surface area contributed by atoms with Crippen molar-refractivity contribution in [1.29, 1.82) is 0 Å². The molecule has 0 saturated carbocycles. The number of methoxy groups -OCH3 is 1. The molecule has 2 heterocycles. The maximum absolute atomic E-state index is 6.17. The van der Waals surface area contributed by atoms with Crippen molar-refractivity contribution in [2.75, 3.05) is 7.11 Å². The van der Waals surface area contributed by atoms with E-state index < -0.39 is 0 Å². The van der Waals surface area contributed by atoms with E-state index in [1.165, 1.54) is 11.3 Å². The SMILES string of the molecule is COc1ccc2c(Cl)nc(-c3cncs3)nc2c1. The van der Waals surface area contributed by atoms with Gasteiger partial charge < -0.3 is 4.74 Å². The number of ether oxygens (including phenoxy) is 1. The molecular weight excluding hydrogens is 270 g/mol. The van der Waals surface area contributed by atoms with E-state index in [2.05, 4.69) is 15.0 Å². The van der Waals surface area contributed by atoms with Crippen LogP contribution in [0, 0.1) is 0 Å². The van der Waals surface area contributed by atoms with Crippen molar-refractivity contribution in [1.82, 2.24) is 15.0 Å². The summed E-state index contributed by atoms with van der Waals surface area (Å²) >= 11 is 7.64. The van der Waals surface area contributed by atoms with E-state index in [0.717, 1.165) is 21.5 Å². The highest BCUT2D eigenvalue weighted by Crippen LogP contribution is 2.28. The number of benzene rings is 1. The molecule has 0 aliphatic heterocycles. The van der Waals surface area contributed by atoms with Crippen LogP contribution in [0.2, 0.25) is 5.15 Å². The van der Waals surface area contributed by atoms with Gasteiger partial charge in [-0.05, 0) is 12.1 Å². The topological polar surface area (TPSA) is 47.9 Å². The third kappa shape index (κ3) is 1.91. The van der Waals surface area contributed by atoms with E-state index in [1.54, 1.807) is 18.8 Å². The van der Waals surface area contributed by atoms with E-state index in [0.29, 0.717) is 11.0 Å². The van der Waals surface area contributed by atoms with Crippen LogP contribution in [0.5, 0.6) is 5.75 Å². The van der Waals surface area contributed by atoms with Gasteiger partial charge in [0.2, 0.25) is 0 Å². The molecule has 0 spiro atoms. The molecule has 90 valence electrons. The Balaban J connectivity index is 2.24. The van der Waals surface area contributed by atoms with Gasteiger partial charge in [0.15, 0.2) is 5.82 Å². The van der Waals surface area contributed by atoms with E-state index in [-0.39, 0.29) is 0 Å². The van der Waals surface area contributed by atoms with Crippen LogP contribution in [-0.4, -0.2) is 22.1 Å². The Morgan fingerprint density at radius 1 is 1.28 bits per heavy atom. The zero-order chi connectivity index (χ0) is 12.5. The monoisotopic (exact) mass is 277 g/mol. The van der Waals surface area contributed by atoms with E-state index >= 15 is 0 Å². The molecule has 4 nitrogen and oxygen atoms in total. The average Bonchev–Trinajstić information content (AvgIpc) is 2.91. The van der Waals surface area contributed by atoms with Gasteiger partial charge in [-0.15, -0.1) is 11.3 Å². The quantitative estimate of drug-likeness (QED) is 0.674. The fourth-order valence-corrected chi connectivity index (χ4v) is 2.43. The summed E-state index contributed by atoms with van der Waals surface area (Å²) in [6, 6.07) is 5.53. The van der Waals surface area contributed by atoms with Crippen molar-refractivity contribution in [3.8, 4) is 16.5 Å². The maximum atomic E-state index is 6.17. The van der Waals surface area contributed by atoms with Gasteiger partial charge in [0.05, 0.1) is 23.0 Å². The predicted molar refractivity (Wildman–Crippen MR) is 72.2 cm³/mol. The second-order valence-corrected chi connectivity index (χ2v) is 4.83. The van der Waals surface area contributed by atoms with Crippen LogP contribution in [0.4, 0.5) is 0 Å². The minimum absolute atomic E-state index is 0.436. The summed E-state index contributed by atoms with van der Waals surface area (Å²) in [6.07, 6.45) is 1.72. The molecule has 18 heavy (non-hydrogen) atoms. The first-order chi connectivity index (χ1) is 8.78. The predicted octanol–water partition coefficient (Wildman–Crippen LogP) is 3.42. The van der Waals surface area contributed by atoms with Crippen LogP contribution in [-0.2, 0) is 0 Å².